The van der Waals surface area contributed by atoms with Crippen LogP contribution in [0.1, 0.15) is 45.9 Å². The third-order valence-electron chi connectivity index (χ3n) is 3.82. The van der Waals surface area contributed by atoms with Crippen LogP contribution in [0.3, 0.4) is 0 Å². The average molecular weight is 402 g/mol. The summed E-state index contributed by atoms with van der Waals surface area (Å²) in [6.07, 6.45) is 0.803. The van der Waals surface area contributed by atoms with Crippen LogP contribution < -0.4 is 10.6 Å². The number of nitrogens with one attached hydrogen (secondary N) is 2. The van der Waals surface area contributed by atoms with Gasteiger partial charge in [-0.15, -0.1) is 11.3 Å². The van der Waals surface area contributed by atoms with E-state index in [9.17, 15) is 9.59 Å². The van der Waals surface area contributed by atoms with Gasteiger partial charge in [0.05, 0.1) is 17.6 Å². The van der Waals surface area contributed by atoms with E-state index >= 15 is 0 Å². The van der Waals surface area contributed by atoms with Crippen molar-refractivity contribution < 1.29 is 19.1 Å². The number of carbonyl (C=O) groups is 2. The van der Waals surface area contributed by atoms with E-state index in [1.54, 1.807) is 18.9 Å². The molecule has 0 aliphatic carbocycles. The second-order valence-corrected chi connectivity index (χ2v) is 6.89. The molecule has 1 heterocycles. The van der Waals surface area contributed by atoms with E-state index in [4.69, 9.17) is 21.7 Å². The first-order chi connectivity index (χ1) is 12.4. The molecular weight excluding hydrogens is 374 g/mol. The first-order valence-electron chi connectivity index (χ1n) is 8.45. The van der Waals surface area contributed by atoms with Crippen molar-refractivity contribution in [2.24, 2.45) is 0 Å². The van der Waals surface area contributed by atoms with E-state index in [0.717, 1.165) is 6.42 Å². The van der Waals surface area contributed by atoms with Crippen LogP contribution in [0, 0.1) is 6.92 Å². The number of anilines is 1. The number of amides is 1. The molecule has 1 aromatic rings. The van der Waals surface area contributed by atoms with Crippen LogP contribution >= 0.6 is 23.6 Å². The lowest BCUT2D eigenvalue weighted by molar-refractivity contribution is 0.0601. The summed E-state index contributed by atoms with van der Waals surface area (Å²) in [5.41, 5.74) is 0.942. The molecule has 0 aliphatic rings. The number of esters is 1. The fraction of sp³-hybridized carbons (Fsp3) is 0.588. The van der Waals surface area contributed by atoms with Gasteiger partial charge in [0.25, 0.3) is 5.91 Å². The lowest BCUT2D eigenvalue weighted by Crippen LogP contribution is -2.30. The van der Waals surface area contributed by atoms with Crippen molar-refractivity contribution in [1.29, 1.82) is 0 Å². The molecule has 0 radical (unpaired) electrons. The topological polar surface area (TPSA) is 79.9 Å². The normalized spacial score (nSPS) is 10.3. The number of thiophene rings is 1. The molecule has 0 aromatic carbocycles. The molecule has 2 N–H and O–H groups in total. The van der Waals surface area contributed by atoms with Gasteiger partial charge >= 0.3 is 5.97 Å². The van der Waals surface area contributed by atoms with E-state index in [0.29, 0.717) is 52.4 Å². The lowest BCUT2D eigenvalue weighted by atomic mass is 10.1. The summed E-state index contributed by atoms with van der Waals surface area (Å²) >= 11 is 6.49. The van der Waals surface area contributed by atoms with Gasteiger partial charge in [0.1, 0.15) is 5.00 Å². The summed E-state index contributed by atoms with van der Waals surface area (Å²) in [5, 5.41) is 6.96. The number of thiocarbonyl (C=S) groups is 1. The van der Waals surface area contributed by atoms with Crippen molar-refractivity contribution in [3.63, 3.8) is 0 Å². The number of hydrogen-bond donors (Lipinski definition) is 2. The summed E-state index contributed by atoms with van der Waals surface area (Å²) in [7, 11) is 2.96. The van der Waals surface area contributed by atoms with Gasteiger partial charge in [0.15, 0.2) is 5.11 Å². The minimum absolute atomic E-state index is 0.102. The van der Waals surface area contributed by atoms with Gasteiger partial charge in [-0.3, -0.25) is 4.79 Å². The molecule has 7 nitrogen and oxygen atoms in total. The highest BCUT2D eigenvalue weighted by Crippen LogP contribution is 2.34. The maximum atomic E-state index is 12.7. The lowest BCUT2D eigenvalue weighted by Gasteiger charge is -2.17. The Kier molecular flexibility index (Phi) is 9.53. The summed E-state index contributed by atoms with van der Waals surface area (Å²) in [5.74, 6) is -0.600. The molecule has 1 amide bonds. The number of carbonyl (C=O) groups excluding carboxylic acids is 2. The number of nitrogens with zero attached hydrogens (tertiary/aromatic N) is 1. The number of hydrogen-bond acceptors (Lipinski definition) is 6. The van der Waals surface area contributed by atoms with Crippen LogP contribution in [0.5, 0.6) is 0 Å². The minimum atomic E-state index is -0.498. The Morgan fingerprint density at radius 3 is 2.42 bits per heavy atom. The minimum Gasteiger partial charge on any atom is -0.465 e. The molecule has 1 rings (SSSR count). The Bertz CT molecular complexity index is 642. The van der Waals surface area contributed by atoms with Crippen molar-refractivity contribution >= 4 is 45.5 Å². The van der Waals surface area contributed by atoms with Crippen molar-refractivity contribution in [3.8, 4) is 0 Å². The highest BCUT2D eigenvalue weighted by Gasteiger charge is 2.27. The molecule has 26 heavy (non-hydrogen) atoms. The molecule has 0 fully saturated rings. The Morgan fingerprint density at radius 1 is 1.23 bits per heavy atom. The van der Waals surface area contributed by atoms with Crippen molar-refractivity contribution in [1.82, 2.24) is 10.2 Å². The predicted molar refractivity (Wildman–Crippen MR) is 108 cm³/mol. The summed E-state index contributed by atoms with van der Waals surface area (Å²) < 4.78 is 9.87. The Morgan fingerprint density at radius 2 is 1.88 bits per heavy atom. The molecule has 9 heteroatoms. The van der Waals surface area contributed by atoms with E-state index < -0.39 is 5.97 Å². The zero-order valence-electron chi connectivity index (χ0n) is 15.9. The third-order valence-corrected chi connectivity index (χ3v) is 5.26. The molecule has 0 saturated heterocycles. The van der Waals surface area contributed by atoms with E-state index in [1.165, 1.54) is 18.4 Å². The van der Waals surface area contributed by atoms with Gasteiger partial charge in [-0.25, -0.2) is 4.79 Å². The first kappa shape index (κ1) is 22.3. The third kappa shape index (κ3) is 5.65. The highest BCUT2D eigenvalue weighted by molar-refractivity contribution is 7.80. The van der Waals surface area contributed by atoms with Crippen LogP contribution in [0.2, 0.25) is 0 Å². The molecular formula is C17H27N3O4S2. The van der Waals surface area contributed by atoms with Gasteiger partial charge in [-0.2, -0.15) is 0 Å². The Balaban J connectivity index is 3.06. The monoisotopic (exact) mass is 401 g/mol. The maximum Gasteiger partial charge on any atom is 0.341 e. The zero-order chi connectivity index (χ0) is 19.7. The summed E-state index contributed by atoms with van der Waals surface area (Å²) in [6.45, 7) is 8.06. The van der Waals surface area contributed by atoms with E-state index in [2.05, 4.69) is 10.6 Å². The summed E-state index contributed by atoms with van der Waals surface area (Å²) in [4.78, 5) is 27.2. The van der Waals surface area contributed by atoms with Crippen LogP contribution in [0.25, 0.3) is 0 Å². The molecule has 0 spiro atoms. The van der Waals surface area contributed by atoms with Gasteiger partial charge < -0.3 is 25.0 Å². The largest absolute Gasteiger partial charge is 0.465 e. The smallest absolute Gasteiger partial charge is 0.341 e. The molecule has 0 atom stereocenters. The second-order valence-electron chi connectivity index (χ2n) is 5.46. The highest BCUT2D eigenvalue weighted by atomic mass is 32.1. The fourth-order valence-electron chi connectivity index (χ4n) is 2.37. The van der Waals surface area contributed by atoms with Gasteiger partial charge in [-0.1, -0.05) is 0 Å². The molecule has 0 aliphatic heterocycles. The number of ether oxygens (including phenoxy) is 2. The Labute approximate surface area is 164 Å². The van der Waals surface area contributed by atoms with Crippen LogP contribution in [0.4, 0.5) is 5.00 Å². The van der Waals surface area contributed by atoms with Crippen LogP contribution in [-0.2, 0) is 9.47 Å². The van der Waals surface area contributed by atoms with Crippen LogP contribution in [-0.4, -0.2) is 62.3 Å². The quantitative estimate of drug-likeness (QED) is 0.374. The number of rotatable bonds is 9. The van der Waals surface area contributed by atoms with Crippen molar-refractivity contribution in [3.05, 3.63) is 16.0 Å². The standard InChI is InChI=1S/C17H27N3O4S2/c1-6-20(7-2)15(21)13-11(3)12(16(22)24-5)14(26-13)19-17(25)18-9-8-10-23-4/h6-10H2,1-5H3,(H2,18,19,25). The predicted octanol–water partition coefficient (Wildman–Crippen LogP) is 2.65. The van der Waals surface area contributed by atoms with E-state index in [1.807, 2.05) is 13.8 Å². The molecule has 0 saturated carbocycles. The molecule has 0 bridgehead atoms. The summed E-state index contributed by atoms with van der Waals surface area (Å²) in [6, 6.07) is 0. The fourth-order valence-corrected chi connectivity index (χ4v) is 3.81. The molecule has 146 valence electrons. The second kappa shape index (κ2) is 11.1. The average Bonchev–Trinajstić information content (AvgIpc) is 2.95. The van der Waals surface area contributed by atoms with Crippen molar-refractivity contribution in [2.75, 3.05) is 45.8 Å². The van der Waals surface area contributed by atoms with Gasteiger partial charge in [0.2, 0.25) is 0 Å². The molecule has 0 unspecified atom stereocenters. The zero-order valence-corrected chi connectivity index (χ0v) is 17.6. The first-order valence-corrected chi connectivity index (χ1v) is 9.68. The number of methoxy groups -OCH3 is 2. The van der Waals surface area contributed by atoms with E-state index in [-0.39, 0.29) is 5.91 Å². The van der Waals surface area contributed by atoms with Gasteiger partial charge in [0, 0.05) is 33.4 Å². The SMILES string of the molecule is CCN(CC)C(=O)c1sc(NC(=S)NCCCOC)c(C(=O)OC)c1C. The maximum absolute atomic E-state index is 12.7. The Hall–Kier alpha value is -1.71. The molecule has 1 aromatic heterocycles. The van der Waals surface area contributed by atoms with Crippen LogP contribution in [0.15, 0.2) is 0 Å². The van der Waals surface area contributed by atoms with Gasteiger partial charge in [-0.05, 0) is 45.0 Å². The van der Waals surface area contributed by atoms with Crippen molar-refractivity contribution in [2.45, 2.75) is 27.2 Å².